The van der Waals surface area contributed by atoms with E-state index in [0.717, 1.165) is 22.6 Å². The van der Waals surface area contributed by atoms with Gasteiger partial charge in [0, 0.05) is 12.7 Å². The van der Waals surface area contributed by atoms with Gasteiger partial charge in [0.25, 0.3) is 0 Å². The Morgan fingerprint density at radius 1 is 1.10 bits per heavy atom. The maximum atomic E-state index is 12.4. The molecule has 1 aromatic heterocycles. The first-order chi connectivity index (χ1) is 14.3. The molecule has 0 aliphatic carbocycles. The molecule has 30 heavy (non-hydrogen) atoms. The lowest BCUT2D eigenvalue weighted by atomic mass is 10.0. The molecule has 0 saturated carbocycles. The first-order valence-electron chi connectivity index (χ1n) is 9.95. The van der Waals surface area contributed by atoms with Crippen LogP contribution in [0.4, 0.5) is 5.69 Å². The van der Waals surface area contributed by atoms with E-state index in [1.54, 1.807) is 0 Å². The number of para-hydroxylation sites is 1. The SMILES string of the molecule is Cc1cccc(C)c1NC(=O)CSc1nnc(COc2ccc(C(C)C)cc2)n1C. The molecule has 0 fully saturated rings. The Hall–Kier alpha value is -2.80. The van der Waals surface area contributed by atoms with Crippen molar-refractivity contribution in [2.24, 2.45) is 7.05 Å². The van der Waals surface area contributed by atoms with Crippen LogP contribution in [-0.4, -0.2) is 26.4 Å². The number of ether oxygens (including phenoxy) is 1. The summed E-state index contributed by atoms with van der Waals surface area (Å²) in [4.78, 5) is 12.4. The lowest BCUT2D eigenvalue weighted by molar-refractivity contribution is -0.113. The van der Waals surface area contributed by atoms with E-state index in [0.29, 0.717) is 23.5 Å². The summed E-state index contributed by atoms with van der Waals surface area (Å²) in [5, 5.41) is 12.1. The molecule has 0 radical (unpaired) electrons. The summed E-state index contributed by atoms with van der Waals surface area (Å²) in [5.74, 6) is 2.19. The van der Waals surface area contributed by atoms with E-state index in [-0.39, 0.29) is 11.7 Å². The van der Waals surface area contributed by atoms with Gasteiger partial charge >= 0.3 is 0 Å². The minimum absolute atomic E-state index is 0.0663. The van der Waals surface area contributed by atoms with Gasteiger partial charge < -0.3 is 14.6 Å². The average Bonchev–Trinajstić information content (AvgIpc) is 3.07. The highest BCUT2D eigenvalue weighted by Crippen LogP contribution is 2.22. The third-order valence-electron chi connectivity index (χ3n) is 4.92. The largest absolute Gasteiger partial charge is 0.486 e. The number of benzene rings is 2. The van der Waals surface area contributed by atoms with E-state index in [1.165, 1.54) is 17.3 Å². The van der Waals surface area contributed by atoms with Crippen molar-refractivity contribution in [2.45, 2.75) is 45.4 Å². The predicted molar refractivity (Wildman–Crippen MR) is 121 cm³/mol. The standard InChI is InChI=1S/C23H28N4O2S/c1-15(2)18-9-11-19(12-10-18)29-13-20-25-26-23(27(20)5)30-14-21(28)24-22-16(3)7-6-8-17(22)4/h6-12,15H,13-14H2,1-5H3,(H,24,28). The van der Waals surface area contributed by atoms with Gasteiger partial charge in [-0.3, -0.25) is 4.79 Å². The molecular weight excluding hydrogens is 396 g/mol. The monoisotopic (exact) mass is 424 g/mol. The number of anilines is 1. The Morgan fingerprint density at radius 2 is 1.77 bits per heavy atom. The second-order valence-electron chi connectivity index (χ2n) is 7.57. The lowest BCUT2D eigenvalue weighted by Gasteiger charge is -2.11. The summed E-state index contributed by atoms with van der Waals surface area (Å²) in [7, 11) is 1.88. The number of hydrogen-bond donors (Lipinski definition) is 1. The third kappa shape index (κ3) is 5.42. The van der Waals surface area contributed by atoms with Gasteiger partial charge in [-0.05, 0) is 48.6 Å². The van der Waals surface area contributed by atoms with Crippen molar-refractivity contribution >= 4 is 23.4 Å². The molecule has 0 aliphatic heterocycles. The van der Waals surface area contributed by atoms with Crippen LogP contribution in [-0.2, 0) is 18.4 Å². The first-order valence-corrected chi connectivity index (χ1v) is 10.9. The summed E-state index contributed by atoms with van der Waals surface area (Å²) in [5.41, 5.74) is 4.25. The molecule has 0 unspecified atom stereocenters. The van der Waals surface area contributed by atoms with Crippen molar-refractivity contribution in [3.05, 3.63) is 65.0 Å². The maximum Gasteiger partial charge on any atom is 0.234 e. The molecule has 6 nitrogen and oxygen atoms in total. The Bertz CT molecular complexity index is 992. The zero-order chi connectivity index (χ0) is 21.7. The molecule has 0 saturated heterocycles. The van der Waals surface area contributed by atoms with Crippen molar-refractivity contribution in [3.8, 4) is 5.75 Å². The highest BCUT2D eigenvalue weighted by molar-refractivity contribution is 7.99. The molecule has 1 heterocycles. The normalized spacial score (nSPS) is 11.0. The first kappa shape index (κ1) is 21.9. The van der Waals surface area contributed by atoms with Crippen LogP contribution in [0.2, 0.25) is 0 Å². The molecule has 158 valence electrons. The second kappa shape index (κ2) is 9.80. The number of nitrogens with zero attached hydrogens (tertiary/aromatic N) is 3. The van der Waals surface area contributed by atoms with Crippen molar-refractivity contribution in [2.75, 3.05) is 11.1 Å². The van der Waals surface area contributed by atoms with Crippen LogP contribution in [0.5, 0.6) is 5.75 Å². The Morgan fingerprint density at radius 3 is 2.40 bits per heavy atom. The number of thioether (sulfide) groups is 1. The van der Waals surface area contributed by atoms with Crippen LogP contribution >= 0.6 is 11.8 Å². The van der Waals surface area contributed by atoms with Gasteiger partial charge in [0.15, 0.2) is 11.0 Å². The topological polar surface area (TPSA) is 69.0 Å². The fourth-order valence-corrected chi connectivity index (χ4v) is 3.74. The van der Waals surface area contributed by atoms with Crippen molar-refractivity contribution in [3.63, 3.8) is 0 Å². The molecule has 7 heteroatoms. The minimum atomic E-state index is -0.0663. The fourth-order valence-electron chi connectivity index (χ4n) is 3.01. The molecule has 0 spiro atoms. The zero-order valence-corrected chi connectivity index (χ0v) is 18.9. The quantitative estimate of drug-likeness (QED) is 0.523. The van der Waals surface area contributed by atoms with E-state index in [1.807, 2.05) is 55.8 Å². The van der Waals surface area contributed by atoms with E-state index in [4.69, 9.17) is 4.74 Å². The fraction of sp³-hybridized carbons (Fsp3) is 0.348. The lowest BCUT2D eigenvalue weighted by Crippen LogP contribution is -2.16. The van der Waals surface area contributed by atoms with Crippen LogP contribution in [0.1, 0.15) is 42.3 Å². The Kier molecular flexibility index (Phi) is 7.15. The Balaban J connectivity index is 1.54. The van der Waals surface area contributed by atoms with Crippen molar-refractivity contribution < 1.29 is 9.53 Å². The number of carbonyl (C=O) groups excluding carboxylic acids is 1. The number of aromatic nitrogens is 3. The highest BCUT2D eigenvalue weighted by Gasteiger charge is 2.13. The van der Waals surface area contributed by atoms with E-state index in [9.17, 15) is 4.79 Å². The summed E-state index contributed by atoms with van der Waals surface area (Å²) < 4.78 is 7.70. The molecule has 1 amide bonds. The third-order valence-corrected chi connectivity index (χ3v) is 5.94. The van der Waals surface area contributed by atoms with Crippen LogP contribution < -0.4 is 10.1 Å². The van der Waals surface area contributed by atoms with Gasteiger partial charge in [-0.2, -0.15) is 0 Å². The van der Waals surface area contributed by atoms with Crippen molar-refractivity contribution in [1.29, 1.82) is 0 Å². The molecular formula is C23H28N4O2S. The molecule has 3 rings (SSSR count). The smallest absolute Gasteiger partial charge is 0.234 e. The molecule has 1 N–H and O–H groups in total. The molecule has 2 aromatic carbocycles. The minimum Gasteiger partial charge on any atom is -0.486 e. The molecule has 3 aromatic rings. The van der Waals surface area contributed by atoms with Gasteiger partial charge in [-0.25, -0.2) is 0 Å². The zero-order valence-electron chi connectivity index (χ0n) is 18.1. The highest BCUT2D eigenvalue weighted by atomic mass is 32.2. The molecule has 0 bridgehead atoms. The number of nitrogens with one attached hydrogen (secondary N) is 1. The number of amides is 1. The van der Waals surface area contributed by atoms with E-state index >= 15 is 0 Å². The number of rotatable bonds is 8. The van der Waals surface area contributed by atoms with Gasteiger partial charge in [0.2, 0.25) is 5.91 Å². The second-order valence-corrected chi connectivity index (χ2v) is 8.52. The summed E-state index contributed by atoms with van der Waals surface area (Å²) >= 11 is 1.36. The summed E-state index contributed by atoms with van der Waals surface area (Å²) in [6, 6.07) is 14.1. The predicted octanol–water partition coefficient (Wildman–Crippen LogP) is 4.87. The number of carbonyl (C=O) groups is 1. The van der Waals surface area contributed by atoms with Crippen LogP contribution in [0, 0.1) is 13.8 Å². The van der Waals surface area contributed by atoms with Crippen molar-refractivity contribution in [1.82, 2.24) is 14.8 Å². The van der Waals surface area contributed by atoms with Gasteiger partial charge in [0.1, 0.15) is 12.4 Å². The Labute approximate surface area is 182 Å². The molecule has 0 atom stereocenters. The summed E-state index contributed by atoms with van der Waals surface area (Å²) in [6.45, 7) is 8.62. The number of hydrogen-bond acceptors (Lipinski definition) is 5. The van der Waals surface area contributed by atoms with E-state index < -0.39 is 0 Å². The maximum absolute atomic E-state index is 12.4. The van der Waals surface area contributed by atoms with Crippen LogP contribution in [0.3, 0.4) is 0 Å². The van der Waals surface area contributed by atoms with Crippen LogP contribution in [0.25, 0.3) is 0 Å². The van der Waals surface area contributed by atoms with Gasteiger partial charge in [-0.1, -0.05) is 55.9 Å². The molecule has 0 aliphatic rings. The van der Waals surface area contributed by atoms with Crippen LogP contribution in [0.15, 0.2) is 47.6 Å². The van der Waals surface area contributed by atoms with Gasteiger partial charge in [-0.15, -0.1) is 10.2 Å². The van der Waals surface area contributed by atoms with E-state index in [2.05, 4.69) is 41.5 Å². The number of aryl methyl sites for hydroxylation is 2. The average molecular weight is 425 g/mol. The summed E-state index contributed by atoms with van der Waals surface area (Å²) in [6.07, 6.45) is 0. The van der Waals surface area contributed by atoms with Gasteiger partial charge in [0.05, 0.1) is 5.75 Å².